The van der Waals surface area contributed by atoms with Crippen molar-refractivity contribution in [1.82, 2.24) is 20.1 Å². The smallest absolute Gasteiger partial charge is 0.230 e. The molecule has 0 fully saturated rings. The van der Waals surface area contributed by atoms with Gasteiger partial charge in [-0.3, -0.25) is 9.36 Å². The van der Waals surface area contributed by atoms with Crippen LogP contribution in [-0.2, 0) is 21.5 Å². The minimum atomic E-state index is -0.0510. The lowest BCUT2D eigenvalue weighted by Crippen LogP contribution is -2.36. The first-order valence-corrected chi connectivity index (χ1v) is 11.8. The fraction of sp³-hybridized carbons (Fsp3) is 0.400. The van der Waals surface area contributed by atoms with Crippen molar-refractivity contribution in [3.63, 3.8) is 0 Å². The van der Waals surface area contributed by atoms with E-state index in [0.717, 1.165) is 22.1 Å². The van der Waals surface area contributed by atoms with Gasteiger partial charge in [0.15, 0.2) is 11.0 Å². The van der Waals surface area contributed by atoms with Gasteiger partial charge in [0.25, 0.3) is 0 Å². The first-order chi connectivity index (χ1) is 15.3. The van der Waals surface area contributed by atoms with Crippen LogP contribution in [0, 0.1) is 0 Å². The van der Waals surface area contributed by atoms with Crippen LogP contribution >= 0.6 is 11.8 Å². The van der Waals surface area contributed by atoms with Gasteiger partial charge in [0.1, 0.15) is 0 Å². The molecule has 0 aliphatic rings. The number of amides is 1. The quantitative estimate of drug-likeness (QED) is 0.483. The fourth-order valence-electron chi connectivity index (χ4n) is 3.38. The van der Waals surface area contributed by atoms with Crippen LogP contribution < -0.4 is 5.32 Å². The van der Waals surface area contributed by atoms with Gasteiger partial charge in [-0.25, -0.2) is 0 Å². The van der Waals surface area contributed by atoms with Crippen molar-refractivity contribution in [2.75, 3.05) is 19.5 Å². The first-order valence-electron chi connectivity index (χ1n) is 10.8. The SMILES string of the molecule is COCC(C)NC(=O)CSc1nnc(-c2ccc(C(C)(C)C)cc2)n1Cc1ccccc1. The Kier molecular flexibility index (Phi) is 8.10. The molecule has 1 unspecified atom stereocenters. The van der Waals surface area contributed by atoms with Crippen LogP contribution in [0.25, 0.3) is 11.4 Å². The molecule has 2 aromatic carbocycles. The Balaban J connectivity index is 1.84. The summed E-state index contributed by atoms with van der Waals surface area (Å²) < 4.78 is 7.17. The van der Waals surface area contributed by atoms with Crippen LogP contribution in [0.5, 0.6) is 0 Å². The zero-order valence-electron chi connectivity index (χ0n) is 19.5. The molecule has 170 valence electrons. The van der Waals surface area contributed by atoms with Gasteiger partial charge in [-0.1, -0.05) is 87.1 Å². The van der Waals surface area contributed by atoms with Gasteiger partial charge in [-0.05, 0) is 23.5 Å². The summed E-state index contributed by atoms with van der Waals surface area (Å²) in [7, 11) is 1.62. The van der Waals surface area contributed by atoms with Gasteiger partial charge in [-0.15, -0.1) is 10.2 Å². The molecule has 1 aromatic heterocycles. The summed E-state index contributed by atoms with van der Waals surface area (Å²) in [5.74, 6) is 1.01. The number of nitrogens with one attached hydrogen (secondary N) is 1. The van der Waals surface area contributed by atoms with E-state index in [1.165, 1.54) is 17.3 Å². The van der Waals surface area contributed by atoms with E-state index in [4.69, 9.17) is 4.74 Å². The number of carbonyl (C=O) groups excluding carboxylic acids is 1. The van der Waals surface area contributed by atoms with Crippen molar-refractivity contribution in [1.29, 1.82) is 0 Å². The first kappa shape index (κ1) is 24.0. The molecule has 6 nitrogen and oxygen atoms in total. The maximum atomic E-state index is 12.3. The highest BCUT2D eigenvalue weighted by atomic mass is 32.2. The van der Waals surface area contributed by atoms with E-state index >= 15 is 0 Å². The Morgan fingerprint density at radius 1 is 1.09 bits per heavy atom. The molecule has 0 aliphatic heterocycles. The van der Waals surface area contributed by atoms with E-state index < -0.39 is 0 Å². The van der Waals surface area contributed by atoms with E-state index in [-0.39, 0.29) is 23.1 Å². The summed E-state index contributed by atoms with van der Waals surface area (Å²) in [6.45, 7) is 9.64. The number of methoxy groups -OCH3 is 1. The van der Waals surface area contributed by atoms with Gasteiger partial charge < -0.3 is 10.1 Å². The number of benzene rings is 2. The molecular weight excluding hydrogens is 420 g/mol. The second-order valence-corrected chi connectivity index (χ2v) is 9.86. The molecule has 0 saturated carbocycles. The second kappa shape index (κ2) is 10.8. The van der Waals surface area contributed by atoms with Crippen LogP contribution in [0.15, 0.2) is 59.8 Å². The van der Waals surface area contributed by atoms with Crippen molar-refractivity contribution >= 4 is 17.7 Å². The normalized spacial score (nSPS) is 12.5. The number of rotatable bonds is 9. The topological polar surface area (TPSA) is 69.0 Å². The molecule has 0 spiro atoms. The predicted molar refractivity (Wildman–Crippen MR) is 130 cm³/mol. The highest BCUT2D eigenvalue weighted by molar-refractivity contribution is 7.99. The lowest BCUT2D eigenvalue weighted by Gasteiger charge is -2.19. The van der Waals surface area contributed by atoms with Crippen molar-refractivity contribution in [3.05, 3.63) is 65.7 Å². The highest BCUT2D eigenvalue weighted by Crippen LogP contribution is 2.28. The number of ether oxygens (including phenoxy) is 1. The summed E-state index contributed by atoms with van der Waals surface area (Å²) in [6, 6.07) is 18.7. The van der Waals surface area contributed by atoms with Crippen molar-refractivity contribution in [3.8, 4) is 11.4 Å². The Hall–Kier alpha value is -2.64. The Bertz CT molecular complexity index is 1010. The van der Waals surface area contributed by atoms with Crippen LogP contribution in [0.4, 0.5) is 0 Å². The van der Waals surface area contributed by atoms with E-state index in [0.29, 0.717) is 13.2 Å². The number of nitrogens with zero attached hydrogens (tertiary/aromatic N) is 3. The van der Waals surface area contributed by atoms with Crippen LogP contribution in [0.2, 0.25) is 0 Å². The van der Waals surface area contributed by atoms with Gasteiger partial charge in [0.2, 0.25) is 5.91 Å². The zero-order valence-corrected chi connectivity index (χ0v) is 20.3. The largest absolute Gasteiger partial charge is 0.383 e. The molecule has 7 heteroatoms. The molecule has 0 bridgehead atoms. The summed E-state index contributed by atoms with van der Waals surface area (Å²) in [5, 5.41) is 12.6. The second-order valence-electron chi connectivity index (χ2n) is 8.92. The molecule has 3 aromatic rings. The van der Waals surface area contributed by atoms with Crippen LogP contribution in [0.1, 0.15) is 38.8 Å². The van der Waals surface area contributed by atoms with Crippen LogP contribution in [0.3, 0.4) is 0 Å². The third-order valence-electron chi connectivity index (χ3n) is 5.07. The van der Waals surface area contributed by atoms with Gasteiger partial charge >= 0.3 is 0 Å². The van der Waals surface area contributed by atoms with E-state index in [2.05, 4.69) is 77.3 Å². The van der Waals surface area contributed by atoms with Gasteiger partial charge in [0.05, 0.1) is 18.9 Å². The molecule has 0 aliphatic carbocycles. The standard InChI is InChI=1S/C25H32N4O2S/c1-18(16-31-5)26-22(30)17-32-24-28-27-23(29(24)15-19-9-7-6-8-10-19)20-11-13-21(14-12-20)25(2,3)4/h6-14,18H,15-17H2,1-5H3,(H,26,30). The molecule has 32 heavy (non-hydrogen) atoms. The molecule has 1 amide bonds. The summed E-state index contributed by atoms with van der Waals surface area (Å²) >= 11 is 1.39. The summed E-state index contributed by atoms with van der Waals surface area (Å²) in [5.41, 5.74) is 3.52. The molecule has 1 heterocycles. The maximum absolute atomic E-state index is 12.3. The number of carbonyl (C=O) groups is 1. The Morgan fingerprint density at radius 2 is 1.78 bits per heavy atom. The highest BCUT2D eigenvalue weighted by Gasteiger charge is 2.18. The number of thioether (sulfide) groups is 1. The van der Waals surface area contributed by atoms with Crippen molar-refractivity contribution < 1.29 is 9.53 Å². The number of hydrogen-bond donors (Lipinski definition) is 1. The average molecular weight is 453 g/mol. The predicted octanol–water partition coefficient (Wildman–Crippen LogP) is 4.53. The minimum absolute atomic E-state index is 0.0350. The van der Waals surface area contributed by atoms with Gasteiger partial charge in [0, 0.05) is 18.7 Å². The molecule has 1 N–H and O–H groups in total. The molecular formula is C25H32N4O2S. The number of aromatic nitrogens is 3. The molecule has 0 saturated heterocycles. The Morgan fingerprint density at radius 3 is 2.41 bits per heavy atom. The monoisotopic (exact) mass is 452 g/mol. The van der Waals surface area contributed by atoms with Crippen molar-refractivity contribution in [2.45, 2.75) is 50.9 Å². The zero-order chi connectivity index (χ0) is 23.1. The third-order valence-corrected chi connectivity index (χ3v) is 6.03. The summed E-state index contributed by atoms with van der Waals surface area (Å²) in [4.78, 5) is 12.3. The fourth-order valence-corrected chi connectivity index (χ4v) is 4.12. The summed E-state index contributed by atoms with van der Waals surface area (Å²) in [6.07, 6.45) is 0. The lowest BCUT2D eigenvalue weighted by molar-refractivity contribution is -0.119. The molecule has 1 atom stereocenters. The molecule has 3 rings (SSSR count). The van der Waals surface area contributed by atoms with Crippen LogP contribution in [-0.4, -0.2) is 46.2 Å². The van der Waals surface area contributed by atoms with E-state index in [9.17, 15) is 4.79 Å². The number of hydrogen-bond acceptors (Lipinski definition) is 5. The van der Waals surface area contributed by atoms with E-state index in [1.54, 1.807) is 7.11 Å². The Labute approximate surface area is 194 Å². The third kappa shape index (κ3) is 6.43. The maximum Gasteiger partial charge on any atom is 0.230 e. The average Bonchev–Trinajstić information content (AvgIpc) is 3.15. The molecule has 0 radical (unpaired) electrons. The van der Waals surface area contributed by atoms with E-state index in [1.807, 2.05) is 25.1 Å². The minimum Gasteiger partial charge on any atom is -0.383 e. The lowest BCUT2D eigenvalue weighted by atomic mass is 9.87. The van der Waals surface area contributed by atoms with Gasteiger partial charge in [-0.2, -0.15) is 0 Å². The van der Waals surface area contributed by atoms with Crippen molar-refractivity contribution in [2.24, 2.45) is 0 Å².